The van der Waals surface area contributed by atoms with Gasteiger partial charge in [-0.1, -0.05) is 20.3 Å². The molecule has 104 valence electrons. The lowest BCUT2D eigenvalue weighted by molar-refractivity contribution is 0.108. The third-order valence-electron chi connectivity index (χ3n) is 3.39. The van der Waals surface area contributed by atoms with E-state index in [1.54, 1.807) is 21.3 Å². The molecule has 0 heterocycles. The Bertz CT molecular complexity index is 180. The number of nitrogens with two attached hydrogens (primary N) is 1. The van der Waals surface area contributed by atoms with Crippen LogP contribution < -0.4 is 5.73 Å². The molecule has 0 amide bonds. The van der Waals surface area contributed by atoms with Crippen LogP contribution >= 0.6 is 0 Å². The highest BCUT2D eigenvalue weighted by Crippen LogP contribution is 2.32. The second-order valence-electron chi connectivity index (χ2n) is 4.45. The minimum atomic E-state index is -2.49. The summed E-state index contributed by atoms with van der Waals surface area (Å²) in [4.78, 5) is 0. The van der Waals surface area contributed by atoms with E-state index in [9.17, 15) is 0 Å². The van der Waals surface area contributed by atoms with Gasteiger partial charge in [0.1, 0.15) is 0 Å². The number of hydrogen-bond donors (Lipinski definition) is 1. The summed E-state index contributed by atoms with van der Waals surface area (Å²) in [6, 6.07) is 0.284. The first-order valence-electron chi connectivity index (χ1n) is 6.51. The zero-order valence-corrected chi connectivity index (χ0v) is 13.0. The van der Waals surface area contributed by atoms with Gasteiger partial charge >= 0.3 is 8.80 Å². The van der Waals surface area contributed by atoms with Crippen molar-refractivity contribution in [2.45, 2.75) is 57.5 Å². The summed E-state index contributed by atoms with van der Waals surface area (Å²) in [5.41, 5.74) is 6.39. The summed E-state index contributed by atoms with van der Waals surface area (Å²) in [5.74, 6) is 0. The SMILES string of the molecule is CCCC(N)CCC(CC)[Si](OC)(OC)OC. The van der Waals surface area contributed by atoms with Crippen molar-refractivity contribution < 1.29 is 13.3 Å². The maximum atomic E-state index is 6.05. The third-order valence-corrected chi connectivity index (χ3v) is 6.80. The zero-order valence-electron chi connectivity index (χ0n) is 12.0. The molecule has 0 radical (unpaired) electrons. The van der Waals surface area contributed by atoms with Crippen LogP contribution in [0.15, 0.2) is 0 Å². The fourth-order valence-corrected chi connectivity index (χ4v) is 4.83. The molecule has 5 heteroatoms. The monoisotopic (exact) mass is 263 g/mol. The topological polar surface area (TPSA) is 53.7 Å². The van der Waals surface area contributed by atoms with E-state index in [0.29, 0.717) is 5.54 Å². The van der Waals surface area contributed by atoms with Crippen LogP contribution in [0.4, 0.5) is 0 Å². The van der Waals surface area contributed by atoms with Crippen LogP contribution in [0.1, 0.15) is 46.0 Å². The maximum Gasteiger partial charge on any atom is 0.503 e. The molecule has 0 aromatic heterocycles. The van der Waals surface area contributed by atoms with Gasteiger partial charge in [-0.15, -0.1) is 0 Å². The van der Waals surface area contributed by atoms with Crippen molar-refractivity contribution in [3.05, 3.63) is 0 Å². The predicted molar refractivity (Wildman–Crippen MR) is 72.9 cm³/mol. The Balaban J connectivity index is 4.38. The first-order chi connectivity index (χ1) is 8.10. The van der Waals surface area contributed by atoms with Gasteiger partial charge in [-0.25, -0.2) is 0 Å². The first kappa shape index (κ1) is 17.1. The minimum absolute atomic E-state index is 0.284. The smallest absolute Gasteiger partial charge is 0.377 e. The average Bonchev–Trinajstić information content (AvgIpc) is 2.35. The number of rotatable bonds is 10. The lowest BCUT2D eigenvalue weighted by atomic mass is 10.1. The predicted octanol–water partition coefficient (Wildman–Crippen LogP) is 2.55. The second kappa shape index (κ2) is 9.05. The van der Waals surface area contributed by atoms with Crippen LogP contribution in [0.25, 0.3) is 0 Å². The van der Waals surface area contributed by atoms with Crippen molar-refractivity contribution in [3.63, 3.8) is 0 Å². The molecule has 0 bridgehead atoms. The molecule has 0 saturated heterocycles. The van der Waals surface area contributed by atoms with Crippen molar-refractivity contribution in [1.29, 1.82) is 0 Å². The molecular formula is C12H29NO3Si. The van der Waals surface area contributed by atoms with Gasteiger partial charge in [0.25, 0.3) is 0 Å². The summed E-state index contributed by atoms with van der Waals surface area (Å²) in [5, 5.41) is 0. The molecule has 0 aliphatic rings. The highest BCUT2D eigenvalue weighted by Gasteiger charge is 2.45. The van der Waals surface area contributed by atoms with Crippen LogP contribution in [-0.4, -0.2) is 36.2 Å². The van der Waals surface area contributed by atoms with Crippen LogP contribution in [0.5, 0.6) is 0 Å². The van der Waals surface area contributed by atoms with E-state index in [1.807, 2.05) is 0 Å². The van der Waals surface area contributed by atoms with Crippen molar-refractivity contribution in [1.82, 2.24) is 0 Å². The molecule has 0 aliphatic heterocycles. The molecule has 0 fully saturated rings. The van der Waals surface area contributed by atoms with E-state index in [1.165, 1.54) is 0 Å². The summed E-state index contributed by atoms with van der Waals surface area (Å²) in [7, 11) is 2.53. The van der Waals surface area contributed by atoms with Gasteiger partial charge in [0.15, 0.2) is 0 Å². The summed E-state index contributed by atoms with van der Waals surface area (Å²) in [6.07, 6.45) is 5.24. The maximum absolute atomic E-state index is 6.05. The Morgan fingerprint density at radius 1 is 0.941 bits per heavy atom. The minimum Gasteiger partial charge on any atom is -0.377 e. The van der Waals surface area contributed by atoms with Gasteiger partial charge in [0.05, 0.1) is 0 Å². The van der Waals surface area contributed by atoms with E-state index in [2.05, 4.69) is 13.8 Å². The fraction of sp³-hybridized carbons (Fsp3) is 1.00. The summed E-state index contributed by atoms with van der Waals surface area (Å²) < 4.78 is 16.6. The summed E-state index contributed by atoms with van der Waals surface area (Å²) >= 11 is 0. The first-order valence-corrected chi connectivity index (χ1v) is 8.31. The molecule has 2 unspecified atom stereocenters. The normalized spacial score (nSPS) is 15.9. The number of hydrogen-bond acceptors (Lipinski definition) is 4. The Morgan fingerprint density at radius 3 is 1.82 bits per heavy atom. The molecule has 0 saturated carbocycles. The Kier molecular flexibility index (Phi) is 9.08. The quantitative estimate of drug-likeness (QED) is 0.615. The Labute approximate surface area is 107 Å². The molecule has 0 aromatic rings. The Morgan fingerprint density at radius 2 is 1.47 bits per heavy atom. The lowest BCUT2D eigenvalue weighted by Crippen LogP contribution is -2.47. The van der Waals surface area contributed by atoms with Crippen LogP contribution in [-0.2, 0) is 13.3 Å². The van der Waals surface area contributed by atoms with Crippen molar-refractivity contribution >= 4 is 8.80 Å². The van der Waals surface area contributed by atoms with Gasteiger partial charge in [0, 0.05) is 32.9 Å². The fourth-order valence-electron chi connectivity index (χ4n) is 2.31. The highest BCUT2D eigenvalue weighted by atomic mass is 28.4. The summed E-state index contributed by atoms with van der Waals surface area (Å²) in [6.45, 7) is 4.31. The molecule has 2 atom stereocenters. The lowest BCUT2D eigenvalue weighted by Gasteiger charge is -2.32. The van der Waals surface area contributed by atoms with Gasteiger partial charge in [-0.3, -0.25) is 0 Å². The zero-order chi connectivity index (χ0) is 13.3. The van der Waals surface area contributed by atoms with E-state index in [-0.39, 0.29) is 6.04 Å². The molecular weight excluding hydrogens is 234 g/mol. The van der Waals surface area contributed by atoms with Crippen LogP contribution in [0.3, 0.4) is 0 Å². The van der Waals surface area contributed by atoms with Gasteiger partial charge in [-0.05, 0) is 25.7 Å². The third kappa shape index (κ3) is 5.05. The molecule has 0 aromatic carbocycles. The standard InChI is InChI=1S/C12H29NO3Si/c1-6-8-11(13)9-10-12(7-2)17(14-3,15-4)16-5/h11-12H,6-10,13H2,1-5H3. The van der Waals surface area contributed by atoms with E-state index in [4.69, 9.17) is 19.0 Å². The van der Waals surface area contributed by atoms with Crippen molar-refractivity contribution in [2.24, 2.45) is 5.73 Å². The van der Waals surface area contributed by atoms with E-state index >= 15 is 0 Å². The molecule has 4 nitrogen and oxygen atoms in total. The van der Waals surface area contributed by atoms with Crippen molar-refractivity contribution in [3.8, 4) is 0 Å². The van der Waals surface area contributed by atoms with Gasteiger partial charge in [0.2, 0.25) is 0 Å². The average molecular weight is 263 g/mol. The van der Waals surface area contributed by atoms with Gasteiger partial charge < -0.3 is 19.0 Å². The molecule has 17 heavy (non-hydrogen) atoms. The second-order valence-corrected chi connectivity index (χ2v) is 7.70. The van der Waals surface area contributed by atoms with E-state index < -0.39 is 8.80 Å². The van der Waals surface area contributed by atoms with Gasteiger partial charge in [-0.2, -0.15) is 0 Å². The molecule has 0 rings (SSSR count). The highest BCUT2D eigenvalue weighted by molar-refractivity contribution is 6.62. The largest absolute Gasteiger partial charge is 0.503 e. The van der Waals surface area contributed by atoms with Crippen LogP contribution in [0.2, 0.25) is 5.54 Å². The van der Waals surface area contributed by atoms with Crippen molar-refractivity contribution in [2.75, 3.05) is 21.3 Å². The van der Waals surface area contributed by atoms with Crippen LogP contribution in [0, 0.1) is 0 Å². The molecule has 2 N–H and O–H groups in total. The molecule has 0 aliphatic carbocycles. The Hall–Kier alpha value is 0.0569. The van der Waals surface area contributed by atoms with E-state index in [0.717, 1.165) is 32.1 Å². The molecule has 0 spiro atoms.